The van der Waals surface area contributed by atoms with E-state index in [1.54, 1.807) is 34.8 Å². The van der Waals surface area contributed by atoms with Gasteiger partial charge in [0.25, 0.3) is 0 Å². The minimum atomic E-state index is 0.652. The Morgan fingerprint density at radius 1 is 0.857 bits per heavy atom. The first kappa shape index (κ1) is 24.6. The summed E-state index contributed by atoms with van der Waals surface area (Å²) in [6, 6.07) is 9.79. The number of ether oxygens (including phenoxy) is 4. The van der Waals surface area contributed by atoms with Crippen molar-refractivity contribution in [3.8, 4) is 23.0 Å². The third kappa shape index (κ3) is 5.43. The van der Waals surface area contributed by atoms with E-state index in [1.165, 1.54) is 0 Å². The van der Waals surface area contributed by atoms with Gasteiger partial charge in [0.05, 0.1) is 34.0 Å². The molecule has 1 N–H and O–H groups in total. The maximum absolute atomic E-state index is 5.67. The Bertz CT molecular complexity index is 1180. The van der Waals surface area contributed by atoms with Gasteiger partial charge >= 0.3 is 0 Å². The second kappa shape index (κ2) is 11.3. The minimum absolute atomic E-state index is 0.652. The maximum atomic E-state index is 5.67. The van der Waals surface area contributed by atoms with Gasteiger partial charge in [-0.3, -0.25) is 0 Å². The predicted molar refractivity (Wildman–Crippen MR) is 140 cm³/mol. The number of nitrogens with one attached hydrogen (secondary N) is 1. The lowest BCUT2D eigenvalue weighted by atomic mass is 10.1. The Morgan fingerprint density at radius 3 is 2.20 bits per heavy atom. The van der Waals surface area contributed by atoms with Gasteiger partial charge in [-0.25, -0.2) is 9.97 Å². The quantitative estimate of drug-likeness (QED) is 0.469. The Morgan fingerprint density at radius 2 is 1.51 bits per heavy atom. The molecular weight excluding hydrogens is 466 g/mol. The van der Waals surface area contributed by atoms with Crippen LogP contribution in [0, 0.1) is 0 Å². The average molecular weight is 498 g/mol. The summed E-state index contributed by atoms with van der Waals surface area (Å²) in [4.78, 5) is 13.5. The zero-order chi connectivity index (χ0) is 24.8. The molecular formula is C25H31N5O4S. The first-order valence-electron chi connectivity index (χ1n) is 11.4. The summed E-state index contributed by atoms with van der Waals surface area (Å²) in [6.07, 6.45) is 2.43. The third-order valence-corrected chi connectivity index (χ3v) is 6.53. The van der Waals surface area contributed by atoms with Crippen molar-refractivity contribution in [2.45, 2.75) is 6.42 Å². The van der Waals surface area contributed by atoms with Crippen LogP contribution in [0.5, 0.6) is 23.0 Å². The Balaban J connectivity index is 1.34. The fourth-order valence-electron chi connectivity index (χ4n) is 4.20. The van der Waals surface area contributed by atoms with Crippen LogP contribution in [0.15, 0.2) is 36.7 Å². The molecule has 0 atom stereocenters. The van der Waals surface area contributed by atoms with Crippen molar-refractivity contribution in [1.82, 2.24) is 20.2 Å². The van der Waals surface area contributed by atoms with Crippen LogP contribution in [0.1, 0.15) is 5.56 Å². The minimum Gasteiger partial charge on any atom is -0.493 e. The largest absolute Gasteiger partial charge is 0.493 e. The van der Waals surface area contributed by atoms with E-state index in [4.69, 9.17) is 31.2 Å². The van der Waals surface area contributed by atoms with Gasteiger partial charge < -0.3 is 34.1 Å². The Hall–Kier alpha value is -3.53. The molecule has 0 spiro atoms. The van der Waals surface area contributed by atoms with E-state index in [1.807, 2.05) is 30.3 Å². The summed E-state index contributed by atoms with van der Waals surface area (Å²) in [5.74, 6) is 3.67. The monoisotopic (exact) mass is 497 g/mol. The number of rotatable bonds is 8. The molecule has 1 aliphatic rings. The molecule has 0 saturated carbocycles. The standard InChI is InChI=1S/C25H31N5O4S/c1-31-20-6-5-17(13-21(20)32-2)7-8-26-25(35)30-11-9-29(10-12-30)24-18-14-22(33-3)23(34-4)15-19(18)27-16-28-24/h5-6,13-16H,7-12H2,1-4H3,(H,26,35). The van der Waals surface area contributed by atoms with E-state index in [2.05, 4.69) is 25.1 Å². The van der Waals surface area contributed by atoms with Crippen LogP contribution in [0.4, 0.5) is 5.82 Å². The Kier molecular flexibility index (Phi) is 7.91. The highest BCUT2D eigenvalue weighted by atomic mass is 32.1. The van der Waals surface area contributed by atoms with Crippen LogP contribution in [-0.2, 0) is 6.42 Å². The molecule has 0 radical (unpaired) electrons. The second-order valence-electron chi connectivity index (χ2n) is 8.07. The van der Waals surface area contributed by atoms with E-state index < -0.39 is 0 Å². The van der Waals surface area contributed by atoms with Gasteiger partial charge in [-0.05, 0) is 42.4 Å². The number of nitrogens with zero attached hydrogens (tertiary/aromatic N) is 4. The van der Waals surface area contributed by atoms with Crippen molar-refractivity contribution < 1.29 is 18.9 Å². The lowest BCUT2D eigenvalue weighted by Gasteiger charge is -2.37. The second-order valence-corrected chi connectivity index (χ2v) is 8.45. The van der Waals surface area contributed by atoms with Crippen LogP contribution in [0.3, 0.4) is 0 Å². The molecule has 1 aliphatic heterocycles. The van der Waals surface area contributed by atoms with Gasteiger partial charge in [-0.2, -0.15) is 0 Å². The molecule has 4 rings (SSSR count). The molecule has 2 heterocycles. The number of aromatic nitrogens is 2. The van der Waals surface area contributed by atoms with Crippen LogP contribution >= 0.6 is 12.2 Å². The molecule has 35 heavy (non-hydrogen) atoms. The fraction of sp³-hybridized carbons (Fsp3) is 0.400. The highest BCUT2D eigenvalue weighted by Crippen LogP contribution is 2.35. The molecule has 1 saturated heterocycles. The number of thiocarbonyl (C=S) groups is 1. The Labute approximate surface area is 211 Å². The fourth-order valence-corrected chi connectivity index (χ4v) is 4.49. The summed E-state index contributed by atoms with van der Waals surface area (Å²) in [7, 11) is 6.53. The smallest absolute Gasteiger partial charge is 0.169 e. The summed E-state index contributed by atoms with van der Waals surface area (Å²) < 4.78 is 21.6. The number of benzene rings is 2. The first-order chi connectivity index (χ1) is 17.1. The zero-order valence-electron chi connectivity index (χ0n) is 20.5. The van der Waals surface area contributed by atoms with Crippen molar-refractivity contribution in [2.24, 2.45) is 0 Å². The first-order valence-corrected chi connectivity index (χ1v) is 11.8. The van der Waals surface area contributed by atoms with Crippen molar-refractivity contribution in [3.05, 3.63) is 42.2 Å². The predicted octanol–water partition coefficient (Wildman–Crippen LogP) is 2.90. The topological polar surface area (TPSA) is 81.2 Å². The van der Waals surface area contributed by atoms with Crippen LogP contribution in [0.25, 0.3) is 10.9 Å². The van der Waals surface area contributed by atoms with E-state index in [-0.39, 0.29) is 0 Å². The molecule has 10 heteroatoms. The van der Waals surface area contributed by atoms with Crippen LogP contribution in [0.2, 0.25) is 0 Å². The molecule has 0 unspecified atom stereocenters. The molecule has 186 valence electrons. The SMILES string of the molecule is COc1ccc(CCNC(=S)N2CCN(c3ncnc4cc(OC)c(OC)cc34)CC2)cc1OC. The number of hydrogen-bond acceptors (Lipinski definition) is 8. The van der Waals surface area contributed by atoms with Gasteiger partial charge in [-0.15, -0.1) is 0 Å². The lowest BCUT2D eigenvalue weighted by Crippen LogP contribution is -2.52. The number of fused-ring (bicyclic) bond motifs is 1. The van der Waals surface area contributed by atoms with Crippen molar-refractivity contribution >= 4 is 34.1 Å². The average Bonchev–Trinajstić information content (AvgIpc) is 2.91. The highest BCUT2D eigenvalue weighted by Gasteiger charge is 2.22. The summed E-state index contributed by atoms with van der Waals surface area (Å²) in [6.45, 7) is 3.96. The molecule has 3 aromatic rings. The van der Waals surface area contributed by atoms with Crippen molar-refractivity contribution in [2.75, 3.05) is 66.1 Å². The van der Waals surface area contributed by atoms with Gasteiger partial charge in [-0.1, -0.05) is 6.07 Å². The van der Waals surface area contributed by atoms with E-state index in [9.17, 15) is 0 Å². The van der Waals surface area contributed by atoms with E-state index >= 15 is 0 Å². The van der Waals surface area contributed by atoms with Gasteiger partial charge in [0.2, 0.25) is 0 Å². The van der Waals surface area contributed by atoms with Crippen LogP contribution in [-0.4, -0.2) is 81.1 Å². The molecule has 0 bridgehead atoms. The summed E-state index contributed by atoms with van der Waals surface area (Å²) in [5, 5.41) is 5.10. The molecule has 0 aliphatic carbocycles. The van der Waals surface area contributed by atoms with Gasteiger partial charge in [0.1, 0.15) is 12.1 Å². The number of methoxy groups -OCH3 is 4. The molecule has 1 fully saturated rings. The summed E-state index contributed by atoms with van der Waals surface area (Å²) >= 11 is 5.67. The summed E-state index contributed by atoms with van der Waals surface area (Å²) in [5.41, 5.74) is 1.98. The number of piperazine rings is 1. The lowest BCUT2D eigenvalue weighted by molar-refractivity contribution is 0.354. The molecule has 2 aromatic carbocycles. The highest BCUT2D eigenvalue weighted by molar-refractivity contribution is 7.80. The normalized spacial score (nSPS) is 13.5. The third-order valence-electron chi connectivity index (χ3n) is 6.12. The molecule has 0 amide bonds. The van der Waals surface area contributed by atoms with Crippen molar-refractivity contribution in [1.29, 1.82) is 0 Å². The zero-order valence-corrected chi connectivity index (χ0v) is 21.4. The number of anilines is 1. The molecule has 9 nitrogen and oxygen atoms in total. The molecule has 1 aromatic heterocycles. The van der Waals surface area contributed by atoms with Gasteiger partial charge in [0.15, 0.2) is 28.1 Å². The van der Waals surface area contributed by atoms with Crippen molar-refractivity contribution in [3.63, 3.8) is 0 Å². The van der Waals surface area contributed by atoms with Crippen LogP contribution < -0.4 is 29.2 Å². The van der Waals surface area contributed by atoms with Gasteiger partial charge in [0, 0.05) is 44.2 Å². The maximum Gasteiger partial charge on any atom is 0.169 e. The van der Waals surface area contributed by atoms with E-state index in [0.29, 0.717) is 11.5 Å². The number of hydrogen-bond donors (Lipinski definition) is 1. The van der Waals surface area contributed by atoms with E-state index in [0.717, 1.165) is 78.0 Å².